The minimum atomic E-state index is -0.359. The van der Waals surface area contributed by atoms with Gasteiger partial charge in [-0.2, -0.15) is 0 Å². The first kappa shape index (κ1) is 21.5. The number of carbonyl (C=O) groups is 1. The van der Waals surface area contributed by atoms with Crippen LogP contribution in [0.15, 0.2) is 47.3 Å². The van der Waals surface area contributed by atoms with E-state index in [1.165, 1.54) is 4.57 Å². The Morgan fingerprint density at radius 3 is 2.47 bits per heavy atom. The van der Waals surface area contributed by atoms with Crippen LogP contribution in [0.1, 0.15) is 17.7 Å². The number of benzene rings is 1. The number of pyridine rings is 1. The van der Waals surface area contributed by atoms with Crippen LogP contribution in [-0.2, 0) is 17.8 Å². The van der Waals surface area contributed by atoms with Crippen molar-refractivity contribution in [2.24, 2.45) is 0 Å². The average Bonchev–Trinajstić information content (AvgIpc) is 2.70. The first-order valence-corrected chi connectivity index (χ1v) is 9.92. The second-order valence-electron chi connectivity index (χ2n) is 7.25. The van der Waals surface area contributed by atoms with Gasteiger partial charge in [0.15, 0.2) is 16.8 Å². The lowest BCUT2D eigenvalue weighted by Gasteiger charge is -2.18. The quantitative estimate of drug-likeness (QED) is 0.625. The molecule has 3 rings (SSSR count). The number of aromatic nitrogens is 3. The number of aryl methyl sites for hydroxylation is 2. The summed E-state index contributed by atoms with van der Waals surface area (Å²) in [6.45, 7) is 1.77. The Labute approximate surface area is 180 Å². The number of nitrogens with zero attached hydrogens (tertiary/aromatic N) is 4. The first-order chi connectivity index (χ1) is 14.3. The molecular weight excluding hydrogens is 402 g/mol. The highest BCUT2D eigenvalue weighted by molar-refractivity contribution is 6.32. The molecule has 0 radical (unpaired) electrons. The largest absolute Gasteiger partial charge is 0.384 e. The van der Waals surface area contributed by atoms with Crippen LogP contribution in [0.25, 0.3) is 11.3 Å². The predicted molar refractivity (Wildman–Crippen MR) is 120 cm³/mol. The Kier molecular flexibility index (Phi) is 6.52. The highest BCUT2D eigenvalue weighted by atomic mass is 35.5. The van der Waals surface area contributed by atoms with E-state index in [0.717, 1.165) is 16.8 Å². The summed E-state index contributed by atoms with van der Waals surface area (Å²) >= 11 is 6.45. The molecule has 0 atom stereocenters. The van der Waals surface area contributed by atoms with Gasteiger partial charge in [0.2, 0.25) is 0 Å². The summed E-state index contributed by atoms with van der Waals surface area (Å²) in [6, 6.07) is 12.8. The Bertz CT molecular complexity index is 1130. The van der Waals surface area contributed by atoms with Crippen LogP contribution in [0.4, 0.5) is 11.6 Å². The van der Waals surface area contributed by atoms with Gasteiger partial charge in [0.05, 0.1) is 12.2 Å². The lowest BCUT2D eigenvalue weighted by molar-refractivity contribution is -0.119. The average molecular weight is 426 g/mol. The van der Waals surface area contributed by atoms with Gasteiger partial charge in [-0.05, 0) is 25.0 Å². The third-order valence-corrected chi connectivity index (χ3v) is 5.06. The molecule has 0 spiro atoms. The van der Waals surface area contributed by atoms with Crippen LogP contribution in [0.3, 0.4) is 0 Å². The van der Waals surface area contributed by atoms with Gasteiger partial charge in [0, 0.05) is 31.8 Å². The van der Waals surface area contributed by atoms with Crippen molar-refractivity contribution in [3.63, 3.8) is 0 Å². The Morgan fingerprint density at radius 1 is 1.13 bits per heavy atom. The number of ketones is 1. The number of Topliss-reactive ketones (excluding diaryl/α,β-unsaturated/α-hetero) is 1. The van der Waals surface area contributed by atoms with Crippen molar-refractivity contribution in [2.45, 2.75) is 26.3 Å². The van der Waals surface area contributed by atoms with Gasteiger partial charge in [-0.15, -0.1) is 0 Å². The number of halogens is 1. The normalized spacial score (nSPS) is 10.8. The second kappa shape index (κ2) is 9.09. The van der Waals surface area contributed by atoms with Gasteiger partial charge in [0.25, 0.3) is 5.56 Å². The van der Waals surface area contributed by atoms with Crippen LogP contribution in [0.2, 0.25) is 5.15 Å². The van der Waals surface area contributed by atoms with E-state index >= 15 is 0 Å². The summed E-state index contributed by atoms with van der Waals surface area (Å²) in [4.78, 5) is 36.0. The summed E-state index contributed by atoms with van der Waals surface area (Å²) in [5, 5.41) is 0.177. The predicted octanol–water partition coefficient (Wildman–Crippen LogP) is 3.12. The molecule has 30 heavy (non-hydrogen) atoms. The van der Waals surface area contributed by atoms with Gasteiger partial charge in [0.1, 0.15) is 5.82 Å². The van der Waals surface area contributed by atoms with Crippen molar-refractivity contribution in [1.82, 2.24) is 14.5 Å². The van der Waals surface area contributed by atoms with E-state index in [2.05, 4.69) is 9.97 Å². The number of anilines is 2. The summed E-state index contributed by atoms with van der Waals surface area (Å²) in [5.41, 5.74) is 8.24. The maximum Gasteiger partial charge on any atom is 0.294 e. The molecule has 0 fully saturated rings. The van der Waals surface area contributed by atoms with Gasteiger partial charge in [-0.25, -0.2) is 9.97 Å². The molecule has 8 heteroatoms. The second-order valence-corrected chi connectivity index (χ2v) is 7.60. The molecule has 156 valence electrons. The third-order valence-electron chi connectivity index (χ3n) is 4.80. The zero-order chi connectivity index (χ0) is 21.8. The van der Waals surface area contributed by atoms with Crippen LogP contribution in [0.5, 0.6) is 0 Å². The molecule has 3 aromatic rings. The zero-order valence-corrected chi connectivity index (χ0v) is 18.0. The highest BCUT2D eigenvalue weighted by Crippen LogP contribution is 2.26. The van der Waals surface area contributed by atoms with E-state index in [4.69, 9.17) is 17.3 Å². The molecule has 7 nitrogen and oxygen atoms in total. The number of carbonyl (C=O) groups excluding carboxylic acids is 1. The fraction of sp³-hybridized carbons (Fsp3) is 0.273. The van der Waals surface area contributed by atoms with Gasteiger partial charge < -0.3 is 10.6 Å². The third kappa shape index (κ3) is 4.68. The topological polar surface area (TPSA) is 94.1 Å². The number of rotatable bonds is 7. The van der Waals surface area contributed by atoms with Crippen LogP contribution >= 0.6 is 11.6 Å². The lowest BCUT2D eigenvalue weighted by atomic mass is 10.1. The highest BCUT2D eigenvalue weighted by Gasteiger charge is 2.20. The van der Waals surface area contributed by atoms with Crippen LogP contribution < -0.4 is 16.2 Å². The molecule has 0 aliphatic heterocycles. The smallest absolute Gasteiger partial charge is 0.294 e. The zero-order valence-electron chi connectivity index (χ0n) is 17.2. The molecule has 0 unspecified atom stereocenters. The maximum absolute atomic E-state index is 13.1. The molecule has 0 amide bonds. The van der Waals surface area contributed by atoms with E-state index < -0.39 is 0 Å². The molecule has 0 bridgehead atoms. The standard InChI is InChI=1S/C22H24ClN5O2/c1-14-15(10-12-18(24)25-14)9-11-17(29)13-28-19(16-7-5-4-6-8-16)20(23)26-21(22(28)30)27(2)3/h4-8,10,12H,9,11,13H2,1-3H3,(H2,24,25). The minimum Gasteiger partial charge on any atom is -0.384 e. The summed E-state index contributed by atoms with van der Waals surface area (Å²) in [7, 11) is 3.43. The van der Waals surface area contributed by atoms with E-state index in [1.54, 1.807) is 25.1 Å². The number of nitrogens with two attached hydrogens (primary N) is 1. The Hall–Kier alpha value is -3.19. The van der Waals surface area contributed by atoms with Crippen LogP contribution in [0, 0.1) is 6.92 Å². The van der Waals surface area contributed by atoms with Crippen molar-refractivity contribution < 1.29 is 4.79 Å². The SMILES string of the molecule is Cc1nc(N)ccc1CCC(=O)Cn1c(-c2ccccc2)c(Cl)nc(N(C)C)c1=O. The van der Waals surface area contributed by atoms with Crippen LogP contribution in [-0.4, -0.2) is 34.4 Å². The maximum atomic E-state index is 13.1. The van der Waals surface area contributed by atoms with Gasteiger partial charge in [-0.3, -0.25) is 14.2 Å². The monoisotopic (exact) mass is 425 g/mol. The van der Waals surface area contributed by atoms with Gasteiger partial charge >= 0.3 is 0 Å². The Balaban J connectivity index is 1.93. The molecular formula is C22H24ClN5O2. The fourth-order valence-electron chi connectivity index (χ4n) is 3.24. The van der Waals surface area contributed by atoms with Crippen molar-refractivity contribution in [1.29, 1.82) is 0 Å². The molecule has 2 N–H and O–H groups in total. The molecule has 0 saturated heterocycles. The van der Waals surface area contributed by atoms with E-state index in [1.807, 2.05) is 43.3 Å². The van der Waals surface area contributed by atoms with Crippen molar-refractivity contribution in [2.75, 3.05) is 24.7 Å². The number of nitrogen functional groups attached to an aromatic ring is 1. The van der Waals surface area contributed by atoms with E-state index in [9.17, 15) is 9.59 Å². The summed E-state index contributed by atoms with van der Waals surface area (Å²) in [6.07, 6.45) is 0.789. The van der Waals surface area contributed by atoms with Crippen molar-refractivity contribution in [3.05, 3.63) is 69.2 Å². The molecule has 0 aliphatic carbocycles. The first-order valence-electron chi connectivity index (χ1n) is 9.54. The number of hydrogen-bond acceptors (Lipinski definition) is 6. The van der Waals surface area contributed by atoms with Crippen molar-refractivity contribution in [3.8, 4) is 11.3 Å². The van der Waals surface area contributed by atoms with Gasteiger partial charge in [-0.1, -0.05) is 48.0 Å². The molecule has 1 aromatic carbocycles. The minimum absolute atomic E-state index is 0.0857. The van der Waals surface area contributed by atoms with E-state index in [-0.39, 0.29) is 35.3 Å². The Morgan fingerprint density at radius 2 is 1.83 bits per heavy atom. The fourth-order valence-corrected chi connectivity index (χ4v) is 3.53. The van der Waals surface area contributed by atoms with E-state index in [0.29, 0.717) is 17.9 Å². The number of hydrogen-bond donors (Lipinski definition) is 1. The summed E-state index contributed by atoms with van der Waals surface area (Å²) in [5.74, 6) is 0.549. The molecule has 2 aromatic heterocycles. The molecule has 0 aliphatic rings. The van der Waals surface area contributed by atoms with Crippen molar-refractivity contribution >= 4 is 29.0 Å². The molecule has 0 saturated carbocycles. The summed E-state index contributed by atoms with van der Waals surface area (Å²) < 4.78 is 1.41. The lowest BCUT2D eigenvalue weighted by Crippen LogP contribution is -2.32. The molecule has 2 heterocycles.